The first-order valence-corrected chi connectivity index (χ1v) is 4.48. The lowest BCUT2D eigenvalue weighted by atomic mass is 10.2. The molecule has 5 nitrogen and oxygen atoms in total. The fourth-order valence-corrected chi connectivity index (χ4v) is 1.05. The maximum Gasteiger partial charge on any atom is 0.263 e. The van der Waals surface area contributed by atoms with Crippen LogP contribution in [0.25, 0.3) is 0 Å². The van der Waals surface area contributed by atoms with Crippen LogP contribution in [-0.4, -0.2) is 16.5 Å². The third kappa shape index (κ3) is 2.68. The van der Waals surface area contributed by atoms with E-state index < -0.39 is 5.56 Å². The summed E-state index contributed by atoms with van der Waals surface area (Å²) in [6, 6.07) is 2.60. The molecule has 0 atom stereocenters. The summed E-state index contributed by atoms with van der Waals surface area (Å²) in [7, 11) is 0. The molecule has 0 aromatic carbocycles. The standard InChI is InChI=1S/C10H11N3O2/c1-7(2)12-10(15)8-3-4-9(14)13(5-8)6-11/h3-5,7H,1-2H3,(H,12,15). The highest BCUT2D eigenvalue weighted by Gasteiger charge is 2.08. The van der Waals surface area contributed by atoms with E-state index in [1.165, 1.54) is 18.3 Å². The smallest absolute Gasteiger partial charge is 0.263 e. The molecule has 0 bridgehead atoms. The average Bonchev–Trinajstić information content (AvgIpc) is 2.17. The summed E-state index contributed by atoms with van der Waals surface area (Å²) in [5, 5.41) is 11.3. The van der Waals surface area contributed by atoms with E-state index in [1.54, 1.807) is 6.19 Å². The second-order valence-corrected chi connectivity index (χ2v) is 3.35. The molecule has 1 aromatic rings. The van der Waals surface area contributed by atoms with Gasteiger partial charge in [0.15, 0.2) is 6.19 Å². The predicted molar refractivity (Wildman–Crippen MR) is 54.3 cm³/mol. The molecule has 1 aromatic heterocycles. The Morgan fingerprint density at radius 2 is 2.20 bits per heavy atom. The van der Waals surface area contributed by atoms with Crippen LogP contribution >= 0.6 is 0 Å². The fourth-order valence-electron chi connectivity index (χ4n) is 1.05. The topological polar surface area (TPSA) is 74.9 Å². The highest BCUT2D eigenvalue weighted by atomic mass is 16.2. The molecule has 0 fully saturated rings. The van der Waals surface area contributed by atoms with E-state index in [1.807, 2.05) is 13.8 Å². The molecule has 0 saturated heterocycles. The van der Waals surface area contributed by atoms with Crippen molar-refractivity contribution in [3.63, 3.8) is 0 Å². The van der Waals surface area contributed by atoms with Gasteiger partial charge in [0.1, 0.15) is 0 Å². The van der Waals surface area contributed by atoms with Gasteiger partial charge in [-0.15, -0.1) is 0 Å². The van der Waals surface area contributed by atoms with Crippen LogP contribution in [0.3, 0.4) is 0 Å². The van der Waals surface area contributed by atoms with Crippen LogP contribution in [-0.2, 0) is 0 Å². The summed E-state index contributed by atoms with van der Waals surface area (Å²) in [5.74, 6) is -0.297. The van der Waals surface area contributed by atoms with Gasteiger partial charge in [-0.2, -0.15) is 5.26 Å². The molecule has 0 aliphatic rings. The number of nitrogens with zero attached hydrogens (tertiary/aromatic N) is 2. The molecule has 15 heavy (non-hydrogen) atoms. The van der Waals surface area contributed by atoms with Gasteiger partial charge in [0.05, 0.1) is 5.56 Å². The number of pyridine rings is 1. The largest absolute Gasteiger partial charge is 0.350 e. The summed E-state index contributed by atoms with van der Waals surface area (Å²) in [6.07, 6.45) is 2.89. The number of nitrogens with one attached hydrogen (secondary N) is 1. The van der Waals surface area contributed by atoms with E-state index in [9.17, 15) is 9.59 Å². The monoisotopic (exact) mass is 205 g/mol. The van der Waals surface area contributed by atoms with Gasteiger partial charge in [-0.3, -0.25) is 9.59 Å². The molecule has 78 valence electrons. The van der Waals surface area contributed by atoms with Crippen molar-refractivity contribution >= 4 is 5.91 Å². The first-order chi connectivity index (χ1) is 7.04. The number of carbonyl (C=O) groups excluding carboxylic acids is 1. The van der Waals surface area contributed by atoms with Crippen LogP contribution in [0.4, 0.5) is 0 Å². The van der Waals surface area contributed by atoms with Crippen LogP contribution in [0, 0.1) is 11.5 Å². The maximum absolute atomic E-state index is 11.5. The van der Waals surface area contributed by atoms with Gasteiger partial charge in [-0.1, -0.05) is 0 Å². The van der Waals surface area contributed by atoms with Crippen molar-refractivity contribution in [1.82, 2.24) is 9.88 Å². The Hall–Kier alpha value is -2.09. The molecule has 1 heterocycles. The number of aromatic nitrogens is 1. The van der Waals surface area contributed by atoms with Crippen molar-refractivity contribution < 1.29 is 4.79 Å². The summed E-state index contributed by atoms with van der Waals surface area (Å²) in [5.41, 5.74) is -0.150. The minimum atomic E-state index is -0.446. The van der Waals surface area contributed by atoms with E-state index in [4.69, 9.17) is 5.26 Å². The van der Waals surface area contributed by atoms with Crippen molar-refractivity contribution in [2.24, 2.45) is 0 Å². The maximum atomic E-state index is 11.5. The van der Waals surface area contributed by atoms with E-state index in [0.29, 0.717) is 5.56 Å². The van der Waals surface area contributed by atoms with E-state index in [2.05, 4.69) is 5.32 Å². The van der Waals surface area contributed by atoms with Crippen molar-refractivity contribution in [3.8, 4) is 6.19 Å². The predicted octanol–water partition coefficient (Wildman–Crippen LogP) is 0.316. The molecule has 0 aliphatic carbocycles. The van der Waals surface area contributed by atoms with Crippen LogP contribution in [0.5, 0.6) is 0 Å². The molecule has 0 unspecified atom stereocenters. The van der Waals surface area contributed by atoms with Crippen molar-refractivity contribution in [1.29, 1.82) is 5.26 Å². The number of rotatable bonds is 2. The number of amides is 1. The zero-order chi connectivity index (χ0) is 11.4. The SMILES string of the molecule is CC(C)NC(=O)c1ccc(=O)n(C#N)c1. The Balaban J connectivity index is 3.02. The minimum Gasteiger partial charge on any atom is -0.350 e. The third-order valence-electron chi connectivity index (χ3n) is 1.70. The van der Waals surface area contributed by atoms with Crippen LogP contribution in [0.2, 0.25) is 0 Å². The molecule has 0 spiro atoms. The van der Waals surface area contributed by atoms with Crippen LogP contribution < -0.4 is 10.9 Å². The van der Waals surface area contributed by atoms with E-state index in [0.717, 1.165) is 4.57 Å². The van der Waals surface area contributed by atoms with Crippen LogP contribution in [0.1, 0.15) is 24.2 Å². The zero-order valence-corrected chi connectivity index (χ0v) is 8.52. The highest BCUT2D eigenvalue weighted by Crippen LogP contribution is 1.95. The molecule has 0 radical (unpaired) electrons. The Bertz CT molecular complexity index is 468. The second-order valence-electron chi connectivity index (χ2n) is 3.35. The molecular formula is C10H11N3O2. The van der Waals surface area contributed by atoms with Gasteiger partial charge in [0, 0.05) is 18.3 Å². The Kier molecular flexibility index (Phi) is 3.24. The molecule has 0 aliphatic heterocycles. The van der Waals surface area contributed by atoms with Crippen molar-refractivity contribution in [2.45, 2.75) is 19.9 Å². The molecule has 5 heteroatoms. The van der Waals surface area contributed by atoms with E-state index in [-0.39, 0.29) is 11.9 Å². The van der Waals surface area contributed by atoms with Gasteiger partial charge in [-0.05, 0) is 19.9 Å². The van der Waals surface area contributed by atoms with Gasteiger partial charge < -0.3 is 5.32 Å². The van der Waals surface area contributed by atoms with Crippen LogP contribution in [0.15, 0.2) is 23.1 Å². The highest BCUT2D eigenvalue weighted by molar-refractivity contribution is 5.94. The van der Waals surface area contributed by atoms with E-state index >= 15 is 0 Å². The average molecular weight is 205 g/mol. The van der Waals surface area contributed by atoms with Gasteiger partial charge in [0.25, 0.3) is 11.5 Å². The summed E-state index contributed by atoms with van der Waals surface area (Å²) in [6.45, 7) is 3.66. The number of hydrogen-bond donors (Lipinski definition) is 1. The van der Waals surface area contributed by atoms with Crippen molar-refractivity contribution in [2.75, 3.05) is 0 Å². The lowest BCUT2D eigenvalue weighted by Gasteiger charge is -2.07. The second kappa shape index (κ2) is 4.42. The number of carbonyl (C=O) groups is 1. The lowest BCUT2D eigenvalue weighted by Crippen LogP contribution is -2.31. The summed E-state index contributed by atoms with van der Waals surface area (Å²) < 4.78 is 0.815. The number of nitriles is 1. The van der Waals surface area contributed by atoms with Gasteiger partial charge in [0.2, 0.25) is 0 Å². The fraction of sp³-hybridized carbons (Fsp3) is 0.300. The zero-order valence-electron chi connectivity index (χ0n) is 8.52. The third-order valence-corrected chi connectivity index (χ3v) is 1.70. The Labute approximate surface area is 87.0 Å². The molecule has 0 saturated carbocycles. The van der Waals surface area contributed by atoms with Gasteiger partial charge >= 0.3 is 0 Å². The molecule has 1 amide bonds. The minimum absolute atomic E-state index is 0.0139. The Morgan fingerprint density at radius 3 is 2.73 bits per heavy atom. The number of hydrogen-bond acceptors (Lipinski definition) is 3. The first kappa shape index (κ1) is 11.0. The Morgan fingerprint density at radius 1 is 1.53 bits per heavy atom. The summed E-state index contributed by atoms with van der Waals surface area (Å²) in [4.78, 5) is 22.6. The molecule has 1 N–H and O–H groups in total. The quantitative estimate of drug-likeness (QED) is 0.755. The normalized spacial score (nSPS) is 9.73. The molecule has 1 rings (SSSR count). The van der Waals surface area contributed by atoms with Crippen molar-refractivity contribution in [3.05, 3.63) is 34.2 Å². The lowest BCUT2D eigenvalue weighted by molar-refractivity contribution is 0.0942. The summed E-state index contributed by atoms with van der Waals surface area (Å²) >= 11 is 0. The first-order valence-electron chi connectivity index (χ1n) is 4.48. The molecular weight excluding hydrogens is 194 g/mol. The van der Waals surface area contributed by atoms with Gasteiger partial charge in [-0.25, -0.2) is 4.57 Å².